The van der Waals surface area contributed by atoms with Gasteiger partial charge in [-0.05, 0) is 97.1 Å². The van der Waals surface area contributed by atoms with Crippen molar-refractivity contribution >= 4 is 48.9 Å². The van der Waals surface area contributed by atoms with Crippen LogP contribution in [-0.2, 0) is 10.0 Å². The van der Waals surface area contributed by atoms with Crippen LogP contribution < -0.4 is 14.8 Å². The van der Waals surface area contributed by atoms with E-state index in [0.717, 1.165) is 15.8 Å². The maximum atomic E-state index is 12.7. The van der Waals surface area contributed by atoms with Gasteiger partial charge in [-0.2, -0.15) is 15.5 Å². The molecular weight excluding hydrogens is 532 g/mol. The molecule has 0 unspecified atom stereocenters. The molecule has 2 N–H and O–H groups in total. The van der Waals surface area contributed by atoms with Crippen LogP contribution in [0.3, 0.4) is 0 Å². The number of rotatable bonds is 7. The summed E-state index contributed by atoms with van der Waals surface area (Å²) >= 11 is 1.46. The highest BCUT2D eigenvalue weighted by Gasteiger charge is 2.16. The first-order valence-electron chi connectivity index (χ1n) is 11.6. The Morgan fingerprint density at radius 1 is 0.846 bits per heavy atom. The van der Waals surface area contributed by atoms with E-state index in [4.69, 9.17) is 10.00 Å². The highest BCUT2D eigenvalue weighted by molar-refractivity contribution is 7.92. The van der Waals surface area contributed by atoms with Gasteiger partial charge in [0.1, 0.15) is 10.4 Å². The van der Waals surface area contributed by atoms with Crippen molar-refractivity contribution in [2.24, 2.45) is 0 Å². The molecule has 0 saturated heterocycles. The Balaban J connectivity index is 1.37. The average Bonchev–Trinajstić information content (AvgIpc) is 3.40. The van der Waals surface area contributed by atoms with Gasteiger partial charge in [-0.15, -0.1) is 11.3 Å². The zero-order valence-corrected chi connectivity index (χ0v) is 22.4. The van der Waals surface area contributed by atoms with E-state index < -0.39 is 10.0 Å². The van der Waals surface area contributed by atoms with Gasteiger partial charge in [-0.1, -0.05) is 0 Å². The number of sulfonamides is 1. The van der Waals surface area contributed by atoms with E-state index in [1.54, 1.807) is 36.4 Å². The summed E-state index contributed by atoms with van der Waals surface area (Å²) in [6.45, 7) is 3.76. The summed E-state index contributed by atoms with van der Waals surface area (Å²) in [5.41, 5.74) is 4.31. The zero-order valence-electron chi connectivity index (χ0n) is 20.8. The van der Waals surface area contributed by atoms with Crippen molar-refractivity contribution < 1.29 is 13.2 Å². The number of aryl methyl sites for hydroxylation is 2. The maximum Gasteiger partial charge on any atom is 0.261 e. The molecule has 0 spiro atoms. The lowest BCUT2D eigenvalue weighted by Gasteiger charge is -2.13. The van der Waals surface area contributed by atoms with Gasteiger partial charge in [-0.25, -0.2) is 13.4 Å². The molecule has 2 heterocycles. The van der Waals surface area contributed by atoms with Crippen molar-refractivity contribution in [2.45, 2.75) is 18.7 Å². The van der Waals surface area contributed by atoms with E-state index in [-0.39, 0.29) is 4.90 Å². The van der Waals surface area contributed by atoms with E-state index >= 15 is 0 Å². The summed E-state index contributed by atoms with van der Waals surface area (Å²) in [5, 5.41) is 23.2. The number of thiophene rings is 1. The Morgan fingerprint density at radius 3 is 2.13 bits per heavy atom. The summed E-state index contributed by atoms with van der Waals surface area (Å²) in [6.07, 6.45) is 0. The van der Waals surface area contributed by atoms with E-state index in [2.05, 4.69) is 26.1 Å². The molecule has 11 heteroatoms. The van der Waals surface area contributed by atoms with E-state index in [0.29, 0.717) is 45.6 Å². The van der Waals surface area contributed by atoms with Crippen molar-refractivity contribution in [3.05, 3.63) is 94.4 Å². The molecule has 192 valence electrons. The number of nitriles is 2. The second kappa shape index (κ2) is 10.4. The van der Waals surface area contributed by atoms with Crippen LogP contribution in [0.4, 0.5) is 17.3 Å². The van der Waals surface area contributed by atoms with Gasteiger partial charge in [0.15, 0.2) is 0 Å². The van der Waals surface area contributed by atoms with Crippen molar-refractivity contribution in [3.8, 4) is 23.8 Å². The van der Waals surface area contributed by atoms with Gasteiger partial charge < -0.3 is 10.1 Å². The summed E-state index contributed by atoms with van der Waals surface area (Å²) in [5.74, 6) is 1.33. The lowest BCUT2D eigenvalue weighted by Crippen LogP contribution is -2.12. The normalized spacial score (nSPS) is 11.0. The largest absolute Gasteiger partial charge is 0.437 e. The minimum atomic E-state index is -3.81. The number of nitrogens with zero attached hydrogens (tertiary/aromatic N) is 4. The van der Waals surface area contributed by atoms with Crippen LogP contribution in [0.1, 0.15) is 22.3 Å². The van der Waals surface area contributed by atoms with Crippen LogP contribution in [0, 0.1) is 36.5 Å². The number of fused-ring (bicyclic) bond motifs is 1. The molecule has 0 aliphatic carbocycles. The van der Waals surface area contributed by atoms with Gasteiger partial charge >= 0.3 is 0 Å². The minimum Gasteiger partial charge on any atom is -0.437 e. The predicted molar refractivity (Wildman–Crippen MR) is 150 cm³/mol. The van der Waals surface area contributed by atoms with Gasteiger partial charge in [0.05, 0.1) is 33.7 Å². The molecular formula is C28H20N6O3S2. The molecule has 0 atom stereocenters. The lowest BCUT2D eigenvalue weighted by atomic mass is 10.1. The molecule has 0 radical (unpaired) electrons. The van der Waals surface area contributed by atoms with Crippen LogP contribution in [0.15, 0.2) is 77.0 Å². The first-order valence-corrected chi connectivity index (χ1v) is 14.0. The molecule has 9 nitrogen and oxygen atoms in total. The van der Waals surface area contributed by atoms with Crippen molar-refractivity contribution in [1.82, 2.24) is 9.97 Å². The zero-order chi connectivity index (χ0) is 27.6. The number of hydrogen-bond donors (Lipinski definition) is 2. The summed E-state index contributed by atoms with van der Waals surface area (Å²) < 4.78 is 34.9. The van der Waals surface area contributed by atoms with Crippen LogP contribution >= 0.6 is 11.3 Å². The Kier molecular flexibility index (Phi) is 6.86. The van der Waals surface area contributed by atoms with Crippen molar-refractivity contribution in [3.63, 3.8) is 0 Å². The summed E-state index contributed by atoms with van der Waals surface area (Å²) in [7, 11) is -3.81. The molecule has 0 fully saturated rings. The topological polar surface area (TPSA) is 141 Å². The van der Waals surface area contributed by atoms with E-state index in [1.165, 1.54) is 35.6 Å². The van der Waals surface area contributed by atoms with Crippen molar-refractivity contribution in [2.75, 3.05) is 10.0 Å². The summed E-state index contributed by atoms with van der Waals surface area (Å²) in [6, 6.07) is 21.8. The molecule has 5 aromatic rings. The first-order chi connectivity index (χ1) is 18.8. The fourth-order valence-electron chi connectivity index (χ4n) is 3.91. The Bertz CT molecular complexity index is 1860. The molecule has 2 aromatic heterocycles. The van der Waals surface area contributed by atoms with Crippen LogP contribution in [0.5, 0.6) is 11.6 Å². The number of benzene rings is 3. The third-order valence-corrected chi connectivity index (χ3v) is 8.04. The maximum absolute atomic E-state index is 12.7. The van der Waals surface area contributed by atoms with E-state index in [9.17, 15) is 13.7 Å². The Labute approximate surface area is 229 Å². The predicted octanol–water partition coefficient (Wildman–Crippen LogP) is 6.39. The fourth-order valence-corrected chi connectivity index (χ4v) is 5.72. The third kappa shape index (κ3) is 5.50. The molecule has 0 aliphatic heterocycles. The number of anilines is 3. The second-order valence-electron chi connectivity index (χ2n) is 8.58. The van der Waals surface area contributed by atoms with Gasteiger partial charge in [0.25, 0.3) is 10.0 Å². The second-order valence-corrected chi connectivity index (χ2v) is 11.2. The number of aromatic nitrogens is 2. The lowest BCUT2D eigenvalue weighted by molar-refractivity contribution is 0.463. The number of nitrogens with one attached hydrogen (secondary N) is 2. The van der Waals surface area contributed by atoms with Gasteiger partial charge in [-0.3, -0.25) is 4.72 Å². The molecule has 39 heavy (non-hydrogen) atoms. The molecule has 0 saturated carbocycles. The first kappa shape index (κ1) is 25.7. The molecule has 3 aromatic carbocycles. The Morgan fingerprint density at radius 2 is 1.49 bits per heavy atom. The summed E-state index contributed by atoms with van der Waals surface area (Å²) in [4.78, 5) is 9.22. The van der Waals surface area contributed by atoms with Crippen LogP contribution in [0.2, 0.25) is 0 Å². The highest BCUT2D eigenvalue weighted by atomic mass is 32.2. The van der Waals surface area contributed by atoms with Gasteiger partial charge in [0.2, 0.25) is 11.8 Å². The quantitative estimate of drug-likeness (QED) is 0.237. The van der Waals surface area contributed by atoms with Crippen LogP contribution in [0.25, 0.3) is 10.2 Å². The fraction of sp³-hybridized carbons (Fsp3) is 0.0714. The Hall–Kier alpha value is -4.97. The average molecular weight is 553 g/mol. The highest BCUT2D eigenvalue weighted by Crippen LogP contribution is 2.36. The van der Waals surface area contributed by atoms with Crippen LogP contribution in [-0.4, -0.2) is 18.4 Å². The molecule has 0 aliphatic rings. The molecule has 0 bridgehead atoms. The smallest absolute Gasteiger partial charge is 0.261 e. The third-order valence-electron chi connectivity index (χ3n) is 5.75. The standard InChI is InChI=1S/C28H20N6O3S2/c1-17-13-20(16-30)14-18(2)25(17)37-27-26-24(11-12-38-26)32-28(33-27)31-21-5-7-22(8-6-21)34-39(35,36)23-9-3-19(15-29)4-10-23/h3-14,34H,1-2H3,(H,31,32,33). The monoisotopic (exact) mass is 552 g/mol. The molecule has 5 rings (SSSR count). The number of hydrogen-bond acceptors (Lipinski definition) is 9. The SMILES string of the molecule is Cc1cc(C#N)cc(C)c1Oc1nc(Nc2ccc(NS(=O)(=O)c3ccc(C#N)cc3)cc2)nc2ccsc12. The molecule has 0 amide bonds. The number of ether oxygens (including phenoxy) is 1. The van der Waals surface area contributed by atoms with E-state index in [1.807, 2.05) is 31.4 Å². The van der Waals surface area contributed by atoms with Gasteiger partial charge in [0, 0.05) is 11.4 Å². The minimum absolute atomic E-state index is 0.0569. The van der Waals surface area contributed by atoms with Crippen molar-refractivity contribution in [1.29, 1.82) is 10.5 Å².